The zero-order valence-corrected chi connectivity index (χ0v) is 14.3. The lowest BCUT2D eigenvalue weighted by atomic mass is 9.91. The summed E-state index contributed by atoms with van der Waals surface area (Å²) in [6.45, 7) is 3.11. The van der Waals surface area contributed by atoms with Crippen molar-refractivity contribution in [1.82, 2.24) is 4.98 Å². The number of methoxy groups -OCH3 is 1. The number of fused-ring (bicyclic) bond motifs is 1. The van der Waals surface area contributed by atoms with E-state index in [0.717, 1.165) is 47.6 Å². The van der Waals surface area contributed by atoms with Crippen molar-refractivity contribution in [3.8, 4) is 5.75 Å². The van der Waals surface area contributed by atoms with Crippen molar-refractivity contribution in [3.63, 3.8) is 0 Å². The van der Waals surface area contributed by atoms with E-state index in [9.17, 15) is 4.79 Å². The SMILES string of the molecule is COc1cccc([C@@H]2CC(=O)Nc3nc(N4CCOCC4)sc32)c1. The quantitative estimate of drug-likeness (QED) is 0.926. The van der Waals surface area contributed by atoms with Gasteiger partial charge in [-0.1, -0.05) is 23.5 Å². The maximum Gasteiger partial charge on any atom is 0.226 e. The van der Waals surface area contributed by atoms with E-state index < -0.39 is 0 Å². The number of morpholine rings is 1. The van der Waals surface area contributed by atoms with Crippen LogP contribution in [0.2, 0.25) is 0 Å². The van der Waals surface area contributed by atoms with Gasteiger partial charge in [0.25, 0.3) is 0 Å². The molecule has 0 bridgehead atoms. The van der Waals surface area contributed by atoms with E-state index in [1.165, 1.54) is 0 Å². The summed E-state index contributed by atoms with van der Waals surface area (Å²) in [4.78, 5) is 20.1. The normalized spacial score (nSPS) is 20.5. The van der Waals surface area contributed by atoms with Gasteiger partial charge in [-0.2, -0.15) is 0 Å². The second-order valence-electron chi connectivity index (χ2n) is 5.89. The Morgan fingerprint density at radius 2 is 2.21 bits per heavy atom. The Morgan fingerprint density at radius 1 is 1.38 bits per heavy atom. The number of nitrogens with zero attached hydrogens (tertiary/aromatic N) is 2. The number of carbonyl (C=O) groups is 1. The van der Waals surface area contributed by atoms with Gasteiger partial charge >= 0.3 is 0 Å². The zero-order chi connectivity index (χ0) is 16.5. The van der Waals surface area contributed by atoms with Crippen LogP contribution in [0, 0.1) is 0 Å². The predicted molar refractivity (Wildman–Crippen MR) is 93.2 cm³/mol. The first-order valence-corrected chi connectivity index (χ1v) is 8.83. The molecular formula is C17H19N3O3S. The number of thiazole rings is 1. The van der Waals surface area contributed by atoms with Gasteiger partial charge < -0.3 is 19.7 Å². The number of anilines is 2. The van der Waals surface area contributed by atoms with Crippen LogP contribution in [0.4, 0.5) is 10.9 Å². The molecule has 1 aromatic heterocycles. The van der Waals surface area contributed by atoms with Gasteiger partial charge in [0.15, 0.2) is 5.13 Å². The highest BCUT2D eigenvalue weighted by atomic mass is 32.1. The van der Waals surface area contributed by atoms with Crippen molar-refractivity contribution >= 4 is 28.2 Å². The molecule has 1 amide bonds. The average molecular weight is 345 g/mol. The van der Waals surface area contributed by atoms with Gasteiger partial charge in [-0.15, -0.1) is 0 Å². The molecule has 6 nitrogen and oxygen atoms in total. The summed E-state index contributed by atoms with van der Waals surface area (Å²) in [5.41, 5.74) is 1.09. The van der Waals surface area contributed by atoms with Crippen LogP contribution in [0.5, 0.6) is 5.75 Å². The molecule has 3 heterocycles. The number of rotatable bonds is 3. The molecule has 2 aromatic rings. The molecule has 0 aliphatic carbocycles. The zero-order valence-electron chi connectivity index (χ0n) is 13.4. The topological polar surface area (TPSA) is 63.7 Å². The number of ether oxygens (including phenoxy) is 2. The Hall–Kier alpha value is -2.12. The number of nitrogens with one attached hydrogen (secondary N) is 1. The number of aromatic nitrogens is 1. The maximum atomic E-state index is 12.1. The van der Waals surface area contributed by atoms with Crippen molar-refractivity contribution in [3.05, 3.63) is 34.7 Å². The van der Waals surface area contributed by atoms with Crippen LogP contribution >= 0.6 is 11.3 Å². The second kappa shape index (κ2) is 6.41. The molecule has 1 fully saturated rings. The lowest BCUT2D eigenvalue weighted by molar-refractivity contribution is -0.116. The van der Waals surface area contributed by atoms with Crippen LogP contribution in [0.1, 0.15) is 22.8 Å². The lowest BCUT2D eigenvalue weighted by Gasteiger charge is -2.26. The number of amides is 1. The van der Waals surface area contributed by atoms with Crippen LogP contribution in [-0.2, 0) is 9.53 Å². The lowest BCUT2D eigenvalue weighted by Crippen LogP contribution is -2.36. The fourth-order valence-electron chi connectivity index (χ4n) is 3.12. The fourth-order valence-corrected chi connectivity index (χ4v) is 4.32. The molecule has 7 heteroatoms. The van der Waals surface area contributed by atoms with Crippen LogP contribution < -0.4 is 15.0 Å². The Kier molecular flexibility index (Phi) is 4.12. The number of carbonyl (C=O) groups excluding carboxylic acids is 1. The molecule has 2 aliphatic rings. The Bertz CT molecular complexity index is 755. The largest absolute Gasteiger partial charge is 0.497 e. The highest BCUT2D eigenvalue weighted by Gasteiger charge is 2.31. The van der Waals surface area contributed by atoms with Crippen LogP contribution in [0.25, 0.3) is 0 Å². The van der Waals surface area contributed by atoms with Gasteiger partial charge in [-0.3, -0.25) is 4.79 Å². The van der Waals surface area contributed by atoms with Gasteiger partial charge in [0.1, 0.15) is 11.6 Å². The van der Waals surface area contributed by atoms with Gasteiger partial charge in [0.05, 0.1) is 25.2 Å². The third-order valence-electron chi connectivity index (χ3n) is 4.38. The van der Waals surface area contributed by atoms with E-state index in [1.54, 1.807) is 18.4 Å². The Labute approximate surface area is 144 Å². The molecule has 24 heavy (non-hydrogen) atoms. The van der Waals surface area contributed by atoms with Crippen LogP contribution in [-0.4, -0.2) is 44.3 Å². The Morgan fingerprint density at radius 3 is 3.00 bits per heavy atom. The summed E-state index contributed by atoms with van der Waals surface area (Å²) in [6, 6.07) is 7.92. The standard InChI is InChI=1S/C17H19N3O3S/c1-22-12-4-2-3-11(9-12)13-10-14(21)18-16-15(13)24-17(19-16)20-5-7-23-8-6-20/h2-4,9,13H,5-8,10H2,1H3,(H,18,21)/t13-/m0/s1. The Balaban J connectivity index is 1.70. The summed E-state index contributed by atoms with van der Waals surface area (Å²) < 4.78 is 10.7. The fraction of sp³-hybridized carbons (Fsp3) is 0.412. The minimum atomic E-state index is 0.00847. The molecule has 1 saturated heterocycles. The number of hydrogen-bond donors (Lipinski definition) is 1. The molecular weight excluding hydrogens is 326 g/mol. The monoisotopic (exact) mass is 345 g/mol. The summed E-state index contributed by atoms with van der Waals surface area (Å²) in [7, 11) is 1.65. The van der Waals surface area contributed by atoms with Gasteiger partial charge in [0.2, 0.25) is 5.91 Å². The van der Waals surface area contributed by atoms with Crippen molar-refractivity contribution in [2.24, 2.45) is 0 Å². The molecule has 1 N–H and O–H groups in total. The highest BCUT2D eigenvalue weighted by molar-refractivity contribution is 7.16. The molecule has 1 atom stereocenters. The molecule has 2 aliphatic heterocycles. The molecule has 0 radical (unpaired) electrons. The molecule has 1 aromatic carbocycles. The van der Waals surface area contributed by atoms with E-state index in [2.05, 4.69) is 15.2 Å². The van der Waals surface area contributed by atoms with Crippen LogP contribution in [0.15, 0.2) is 24.3 Å². The van der Waals surface area contributed by atoms with Crippen LogP contribution in [0.3, 0.4) is 0 Å². The molecule has 126 valence electrons. The molecule has 0 spiro atoms. The van der Waals surface area contributed by atoms with E-state index >= 15 is 0 Å². The van der Waals surface area contributed by atoms with Crippen molar-refractivity contribution in [1.29, 1.82) is 0 Å². The first-order valence-electron chi connectivity index (χ1n) is 8.02. The van der Waals surface area contributed by atoms with Gasteiger partial charge in [0, 0.05) is 25.4 Å². The second-order valence-corrected chi connectivity index (χ2v) is 6.90. The summed E-state index contributed by atoms with van der Waals surface area (Å²) in [5.74, 6) is 1.54. The van der Waals surface area contributed by atoms with E-state index in [-0.39, 0.29) is 11.8 Å². The van der Waals surface area contributed by atoms with Crippen molar-refractivity contribution < 1.29 is 14.3 Å². The first kappa shape index (κ1) is 15.4. The summed E-state index contributed by atoms with van der Waals surface area (Å²) >= 11 is 1.66. The van der Waals surface area contributed by atoms with E-state index in [1.807, 2.05) is 24.3 Å². The first-order chi connectivity index (χ1) is 11.7. The van der Waals surface area contributed by atoms with E-state index in [0.29, 0.717) is 12.2 Å². The van der Waals surface area contributed by atoms with Crippen molar-refractivity contribution in [2.75, 3.05) is 43.6 Å². The van der Waals surface area contributed by atoms with Gasteiger partial charge in [-0.05, 0) is 17.7 Å². The number of benzene rings is 1. The molecule has 0 unspecified atom stereocenters. The average Bonchev–Trinajstić information content (AvgIpc) is 3.05. The third-order valence-corrected chi connectivity index (χ3v) is 5.61. The van der Waals surface area contributed by atoms with E-state index in [4.69, 9.17) is 9.47 Å². The molecule has 4 rings (SSSR count). The van der Waals surface area contributed by atoms with Gasteiger partial charge in [-0.25, -0.2) is 4.98 Å². The minimum Gasteiger partial charge on any atom is -0.497 e. The molecule has 0 saturated carbocycles. The summed E-state index contributed by atoms with van der Waals surface area (Å²) in [5, 5.41) is 3.88. The highest BCUT2D eigenvalue weighted by Crippen LogP contribution is 2.43. The predicted octanol–water partition coefficient (Wildman–Crippen LogP) is 2.46. The minimum absolute atomic E-state index is 0.00847. The smallest absolute Gasteiger partial charge is 0.226 e. The maximum absolute atomic E-state index is 12.1. The summed E-state index contributed by atoms with van der Waals surface area (Å²) in [6.07, 6.45) is 0.435. The third kappa shape index (κ3) is 2.85. The van der Waals surface area contributed by atoms with Crippen molar-refractivity contribution in [2.45, 2.75) is 12.3 Å². The number of hydrogen-bond acceptors (Lipinski definition) is 6.